The van der Waals surface area contributed by atoms with Gasteiger partial charge >= 0.3 is 0 Å². The van der Waals surface area contributed by atoms with E-state index in [-0.39, 0.29) is 17.5 Å². The summed E-state index contributed by atoms with van der Waals surface area (Å²) in [5.41, 5.74) is 5.32. The Morgan fingerprint density at radius 2 is 1.46 bits per heavy atom. The second kappa shape index (κ2) is 8.75. The van der Waals surface area contributed by atoms with Crippen LogP contribution in [0, 0.1) is 5.92 Å². The van der Waals surface area contributed by atoms with Gasteiger partial charge in [0.05, 0.1) is 17.4 Å². The van der Waals surface area contributed by atoms with Crippen molar-refractivity contribution in [2.24, 2.45) is 11.0 Å². The van der Waals surface area contributed by atoms with Gasteiger partial charge in [0.1, 0.15) is 17.0 Å². The maximum absolute atomic E-state index is 14.0. The fourth-order valence-corrected chi connectivity index (χ4v) is 5.61. The second-order valence-electron chi connectivity index (χ2n) is 9.54. The first-order valence-electron chi connectivity index (χ1n) is 12.6. The molecule has 0 radical (unpaired) electrons. The van der Waals surface area contributed by atoms with Gasteiger partial charge < -0.3 is 4.90 Å². The molecule has 0 fully saturated rings. The highest BCUT2D eigenvalue weighted by Crippen LogP contribution is 2.44. The standard InChI is InChI=1S/C31H25N5O/c37-31-27-28-25(29(23-14-6-2-7-15-23)36(33-28)24-16-8-3-9-17-24)21-34(20-22-12-4-1-5-13-22)30(27)32-26-18-10-11-19-35(26)31/h1-19,25,29H,20-21H2/t25-,29+/m0/s1. The highest BCUT2D eigenvalue weighted by atomic mass is 16.1. The van der Waals surface area contributed by atoms with Crippen LogP contribution in [0.3, 0.4) is 0 Å². The minimum atomic E-state index is -0.0798. The van der Waals surface area contributed by atoms with Crippen LogP contribution in [0.15, 0.2) is 125 Å². The molecular formula is C31H25N5O. The lowest BCUT2D eigenvalue weighted by atomic mass is 9.84. The molecule has 2 aromatic heterocycles. The fraction of sp³-hybridized carbons (Fsp3) is 0.129. The molecule has 7 rings (SSSR count). The van der Waals surface area contributed by atoms with E-state index >= 15 is 0 Å². The number of fused-ring (bicyclic) bond motifs is 4. The molecule has 6 heteroatoms. The van der Waals surface area contributed by atoms with E-state index in [2.05, 4.69) is 70.6 Å². The molecule has 4 heterocycles. The molecule has 6 nitrogen and oxygen atoms in total. The third-order valence-electron chi connectivity index (χ3n) is 7.28. The number of aromatic nitrogens is 2. The van der Waals surface area contributed by atoms with E-state index in [1.807, 2.05) is 48.5 Å². The molecule has 2 aliphatic rings. The SMILES string of the molecule is O=c1c2c(nc3ccccn13)N(Cc1ccccc1)C[C@H]1C2=NN(c2ccccc2)[C@@H]1c1ccccc1. The number of pyridine rings is 1. The normalized spacial score (nSPS) is 18.4. The number of hydrogen-bond acceptors (Lipinski definition) is 5. The Kier molecular flexibility index (Phi) is 5.10. The zero-order valence-electron chi connectivity index (χ0n) is 20.2. The minimum Gasteiger partial charge on any atom is -0.351 e. The molecule has 0 bridgehead atoms. The number of hydrogen-bond donors (Lipinski definition) is 0. The van der Waals surface area contributed by atoms with Crippen molar-refractivity contribution in [3.63, 3.8) is 0 Å². The molecule has 180 valence electrons. The van der Waals surface area contributed by atoms with Gasteiger partial charge in [0.25, 0.3) is 5.56 Å². The van der Waals surface area contributed by atoms with Crippen molar-refractivity contribution in [3.8, 4) is 0 Å². The highest BCUT2D eigenvalue weighted by Gasteiger charge is 2.46. The smallest absolute Gasteiger partial charge is 0.269 e. The molecule has 3 aromatic carbocycles. The van der Waals surface area contributed by atoms with Crippen molar-refractivity contribution in [3.05, 3.63) is 142 Å². The van der Waals surface area contributed by atoms with Crippen LogP contribution >= 0.6 is 0 Å². The summed E-state index contributed by atoms with van der Waals surface area (Å²) < 4.78 is 1.63. The predicted molar refractivity (Wildman–Crippen MR) is 147 cm³/mol. The van der Waals surface area contributed by atoms with E-state index in [4.69, 9.17) is 10.1 Å². The Morgan fingerprint density at radius 3 is 2.22 bits per heavy atom. The number of anilines is 2. The van der Waals surface area contributed by atoms with Crippen molar-refractivity contribution >= 4 is 22.9 Å². The molecule has 37 heavy (non-hydrogen) atoms. The van der Waals surface area contributed by atoms with Crippen LogP contribution in [0.4, 0.5) is 11.5 Å². The van der Waals surface area contributed by atoms with Crippen LogP contribution in [0.25, 0.3) is 5.65 Å². The summed E-state index contributed by atoms with van der Waals surface area (Å²) in [7, 11) is 0. The van der Waals surface area contributed by atoms with Crippen LogP contribution in [0.2, 0.25) is 0 Å². The number of hydrazone groups is 1. The van der Waals surface area contributed by atoms with Gasteiger partial charge in [-0.1, -0.05) is 84.9 Å². The summed E-state index contributed by atoms with van der Waals surface area (Å²) >= 11 is 0. The Balaban J connectivity index is 1.45. The molecule has 0 aliphatic carbocycles. The van der Waals surface area contributed by atoms with E-state index in [0.717, 1.165) is 11.4 Å². The maximum atomic E-state index is 14.0. The summed E-state index contributed by atoms with van der Waals surface area (Å²) in [5, 5.41) is 7.25. The monoisotopic (exact) mass is 483 g/mol. The van der Waals surface area contributed by atoms with Gasteiger partial charge in [-0.2, -0.15) is 5.10 Å². The van der Waals surface area contributed by atoms with Crippen LogP contribution in [0.1, 0.15) is 22.7 Å². The lowest BCUT2D eigenvalue weighted by Crippen LogP contribution is -2.44. The first-order valence-corrected chi connectivity index (χ1v) is 12.6. The molecular weight excluding hydrogens is 458 g/mol. The summed E-state index contributed by atoms with van der Waals surface area (Å²) in [6.07, 6.45) is 1.79. The van der Waals surface area contributed by atoms with Crippen molar-refractivity contribution in [2.75, 3.05) is 16.5 Å². The molecule has 0 unspecified atom stereocenters. The van der Waals surface area contributed by atoms with Gasteiger partial charge in [-0.25, -0.2) is 4.98 Å². The quantitative estimate of drug-likeness (QED) is 0.348. The van der Waals surface area contributed by atoms with Crippen molar-refractivity contribution < 1.29 is 0 Å². The van der Waals surface area contributed by atoms with E-state index in [0.29, 0.717) is 30.1 Å². The van der Waals surface area contributed by atoms with Crippen molar-refractivity contribution in [1.29, 1.82) is 0 Å². The van der Waals surface area contributed by atoms with Gasteiger partial charge in [0.15, 0.2) is 0 Å². The number of rotatable bonds is 4. The van der Waals surface area contributed by atoms with Crippen LogP contribution in [-0.4, -0.2) is 21.6 Å². The van der Waals surface area contributed by atoms with Gasteiger partial charge in [-0.05, 0) is 35.4 Å². The molecule has 2 aliphatic heterocycles. The topological polar surface area (TPSA) is 53.2 Å². The number of benzene rings is 3. The molecule has 0 amide bonds. The lowest BCUT2D eigenvalue weighted by molar-refractivity contribution is 0.527. The molecule has 2 atom stereocenters. The second-order valence-corrected chi connectivity index (χ2v) is 9.54. The first kappa shape index (κ1) is 21.6. The lowest BCUT2D eigenvalue weighted by Gasteiger charge is -2.36. The van der Waals surface area contributed by atoms with Crippen LogP contribution in [0.5, 0.6) is 0 Å². The van der Waals surface area contributed by atoms with Crippen LogP contribution < -0.4 is 15.5 Å². The molecule has 0 spiro atoms. The Morgan fingerprint density at radius 1 is 0.784 bits per heavy atom. The summed E-state index contributed by atoms with van der Waals surface area (Å²) in [4.78, 5) is 21.3. The fourth-order valence-electron chi connectivity index (χ4n) is 5.61. The largest absolute Gasteiger partial charge is 0.351 e. The zero-order chi connectivity index (χ0) is 24.8. The Labute approximate surface area is 214 Å². The van der Waals surface area contributed by atoms with Crippen molar-refractivity contribution in [1.82, 2.24) is 9.38 Å². The molecule has 0 saturated carbocycles. The zero-order valence-corrected chi connectivity index (χ0v) is 20.2. The minimum absolute atomic E-state index is 0.00455. The van der Waals surface area contributed by atoms with Gasteiger partial charge in [-0.3, -0.25) is 14.2 Å². The summed E-state index contributed by atoms with van der Waals surface area (Å²) in [5.74, 6) is 0.701. The maximum Gasteiger partial charge on any atom is 0.269 e. The summed E-state index contributed by atoms with van der Waals surface area (Å²) in [6, 6.07) is 36.7. The number of para-hydroxylation sites is 1. The molecule has 5 aromatic rings. The molecule has 0 N–H and O–H groups in total. The van der Waals surface area contributed by atoms with E-state index in [1.54, 1.807) is 10.6 Å². The molecule has 0 saturated heterocycles. The average molecular weight is 484 g/mol. The van der Waals surface area contributed by atoms with Gasteiger partial charge in [0.2, 0.25) is 0 Å². The Hall–Kier alpha value is -4.71. The highest BCUT2D eigenvalue weighted by molar-refractivity contribution is 6.10. The van der Waals surface area contributed by atoms with Crippen molar-refractivity contribution in [2.45, 2.75) is 12.6 Å². The third-order valence-corrected chi connectivity index (χ3v) is 7.28. The van der Waals surface area contributed by atoms with E-state index < -0.39 is 0 Å². The Bertz CT molecular complexity index is 1660. The van der Waals surface area contributed by atoms with Crippen LogP contribution in [-0.2, 0) is 6.54 Å². The van der Waals surface area contributed by atoms with E-state index in [9.17, 15) is 4.79 Å². The summed E-state index contributed by atoms with van der Waals surface area (Å²) in [6.45, 7) is 1.37. The van der Waals surface area contributed by atoms with Gasteiger partial charge in [-0.15, -0.1) is 0 Å². The van der Waals surface area contributed by atoms with Gasteiger partial charge in [0, 0.05) is 25.2 Å². The number of nitrogens with zero attached hydrogens (tertiary/aromatic N) is 5. The first-order chi connectivity index (χ1) is 18.3. The third kappa shape index (κ3) is 3.61. The predicted octanol–water partition coefficient (Wildman–Crippen LogP) is 5.30. The average Bonchev–Trinajstić information content (AvgIpc) is 3.34. The van der Waals surface area contributed by atoms with E-state index in [1.165, 1.54) is 11.1 Å².